The Kier molecular flexibility index (Phi) is 6.68. The van der Waals surface area contributed by atoms with Gasteiger partial charge in [0.15, 0.2) is 5.78 Å². The maximum absolute atomic E-state index is 14.0. The summed E-state index contributed by atoms with van der Waals surface area (Å²) in [6, 6.07) is 22.6. The normalized spacial score (nSPS) is 20.0. The van der Waals surface area contributed by atoms with Crippen LogP contribution in [0.1, 0.15) is 48.7 Å². The minimum atomic E-state index is -0.586. The zero-order chi connectivity index (χ0) is 25.2. The fourth-order valence-electron chi connectivity index (χ4n) is 5.59. The van der Waals surface area contributed by atoms with E-state index in [1.165, 1.54) is 0 Å². The fraction of sp³-hybridized carbons (Fsp3) is 0.333. The van der Waals surface area contributed by atoms with E-state index in [1.807, 2.05) is 30.3 Å². The molecule has 184 valence electrons. The second-order valence-electron chi connectivity index (χ2n) is 10.1. The molecule has 6 heteroatoms. The van der Waals surface area contributed by atoms with Gasteiger partial charge in [-0.3, -0.25) is 19.4 Å². The van der Waals surface area contributed by atoms with E-state index in [0.717, 1.165) is 16.7 Å². The van der Waals surface area contributed by atoms with Crippen molar-refractivity contribution in [2.45, 2.75) is 44.7 Å². The van der Waals surface area contributed by atoms with E-state index < -0.39 is 6.04 Å². The molecule has 2 aromatic carbocycles. The number of ketones is 1. The number of amides is 2. The van der Waals surface area contributed by atoms with Gasteiger partial charge >= 0.3 is 0 Å². The highest BCUT2D eigenvalue weighted by atomic mass is 16.2. The molecule has 6 nitrogen and oxygen atoms in total. The first-order valence-corrected chi connectivity index (χ1v) is 12.6. The Hall–Kier alpha value is -3.80. The largest absolute Gasteiger partial charge is 0.330 e. The van der Waals surface area contributed by atoms with Gasteiger partial charge in [0.25, 0.3) is 5.91 Å². The molecule has 3 heterocycles. The van der Waals surface area contributed by atoms with Gasteiger partial charge in [-0.15, -0.1) is 0 Å². The minimum Gasteiger partial charge on any atom is -0.330 e. The van der Waals surface area contributed by atoms with Crippen molar-refractivity contribution >= 4 is 17.6 Å². The van der Waals surface area contributed by atoms with Gasteiger partial charge in [-0.1, -0.05) is 74.5 Å². The molecule has 0 radical (unpaired) electrons. The summed E-state index contributed by atoms with van der Waals surface area (Å²) < 4.78 is 0. The minimum absolute atomic E-state index is 0.0207. The molecule has 36 heavy (non-hydrogen) atoms. The van der Waals surface area contributed by atoms with Crippen LogP contribution in [0.4, 0.5) is 0 Å². The second kappa shape index (κ2) is 10.1. The average Bonchev–Trinajstić information content (AvgIpc) is 3.49. The molecule has 3 unspecified atom stereocenters. The maximum Gasteiger partial charge on any atom is 0.273 e. The highest BCUT2D eigenvalue weighted by Gasteiger charge is 2.52. The summed E-state index contributed by atoms with van der Waals surface area (Å²) in [5, 5.41) is 0. The third-order valence-corrected chi connectivity index (χ3v) is 7.25. The van der Waals surface area contributed by atoms with Crippen molar-refractivity contribution in [2.75, 3.05) is 13.1 Å². The third-order valence-electron chi connectivity index (χ3n) is 7.25. The zero-order valence-electron chi connectivity index (χ0n) is 20.7. The van der Waals surface area contributed by atoms with Crippen molar-refractivity contribution < 1.29 is 14.4 Å². The molecule has 0 N–H and O–H groups in total. The van der Waals surface area contributed by atoms with Crippen LogP contribution < -0.4 is 0 Å². The zero-order valence-corrected chi connectivity index (χ0v) is 20.7. The number of carbonyl (C=O) groups excluding carboxylic acids is 3. The van der Waals surface area contributed by atoms with Gasteiger partial charge in [-0.2, -0.15) is 0 Å². The summed E-state index contributed by atoms with van der Waals surface area (Å²) in [5.41, 5.74) is 3.46. The van der Waals surface area contributed by atoms with E-state index in [9.17, 15) is 14.4 Å². The quantitative estimate of drug-likeness (QED) is 0.517. The molecule has 0 spiro atoms. The summed E-state index contributed by atoms with van der Waals surface area (Å²) in [4.78, 5) is 47.8. The first-order valence-electron chi connectivity index (χ1n) is 12.6. The van der Waals surface area contributed by atoms with Crippen LogP contribution >= 0.6 is 0 Å². The maximum atomic E-state index is 14.0. The molecule has 2 saturated heterocycles. The van der Waals surface area contributed by atoms with Gasteiger partial charge in [0.2, 0.25) is 5.91 Å². The summed E-state index contributed by atoms with van der Waals surface area (Å²) in [7, 11) is 0. The molecular weight excluding hydrogens is 450 g/mol. The predicted molar refractivity (Wildman–Crippen MR) is 138 cm³/mol. The van der Waals surface area contributed by atoms with Gasteiger partial charge in [0, 0.05) is 12.7 Å². The van der Waals surface area contributed by atoms with Crippen molar-refractivity contribution in [1.82, 2.24) is 14.8 Å². The monoisotopic (exact) mass is 481 g/mol. The number of carbonyl (C=O) groups is 3. The van der Waals surface area contributed by atoms with Crippen molar-refractivity contribution in [1.29, 1.82) is 0 Å². The van der Waals surface area contributed by atoms with E-state index in [4.69, 9.17) is 0 Å². The Morgan fingerprint density at radius 2 is 1.69 bits per heavy atom. The molecule has 3 aromatic rings. The number of nitrogens with zero attached hydrogens (tertiary/aromatic N) is 3. The second-order valence-corrected chi connectivity index (χ2v) is 10.1. The molecular formula is C30H31N3O3. The highest BCUT2D eigenvalue weighted by molar-refractivity contribution is 6.02. The molecule has 2 fully saturated rings. The SMILES string of the molecule is CC(C)CC(C(=O)N1CCC2C1C(=O)CN2C(=O)c1ccccn1)c1cccc(-c2ccccc2)c1. The van der Waals surface area contributed by atoms with E-state index >= 15 is 0 Å². The van der Waals surface area contributed by atoms with Crippen LogP contribution in [-0.4, -0.2) is 57.6 Å². The van der Waals surface area contributed by atoms with Crippen LogP contribution in [0.15, 0.2) is 79.0 Å². The smallest absolute Gasteiger partial charge is 0.273 e. The molecule has 0 bridgehead atoms. The molecule has 2 aliphatic heterocycles. The Morgan fingerprint density at radius 1 is 0.944 bits per heavy atom. The number of hydrogen-bond donors (Lipinski definition) is 0. The van der Waals surface area contributed by atoms with Gasteiger partial charge in [-0.05, 0) is 47.6 Å². The molecule has 5 rings (SSSR count). The van der Waals surface area contributed by atoms with Crippen molar-refractivity contribution in [3.05, 3.63) is 90.3 Å². The fourth-order valence-corrected chi connectivity index (χ4v) is 5.59. The topological polar surface area (TPSA) is 70.6 Å². The van der Waals surface area contributed by atoms with Crippen LogP contribution in [0.25, 0.3) is 11.1 Å². The van der Waals surface area contributed by atoms with E-state index in [0.29, 0.717) is 31.0 Å². The Balaban J connectivity index is 1.41. The van der Waals surface area contributed by atoms with Crippen molar-refractivity contribution in [3.63, 3.8) is 0 Å². The number of rotatable bonds is 6. The predicted octanol–water partition coefficient (Wildman–Crippen LogP) is 4.57. The van der Waals surface area contributed by atoms with Crippen LogP contribution in [0.5, 0.6) is 0 Å². The Bertz CT molecular complexity index is 1260. The lowest BCUT2D eigenvalue weighted by atomic mass is 9.87. The summed E-state index contributed by atoms with van der Waals surface area (Å²) >= 11 is 0. The van der Waals surface area contributed by atoms with Crippen molar-refractivity contribution in [3.8, 4) is 11.1 Å². The Morgan fingerprint density at radius 3 is 2.42 bits per heavy atom. The van der Waals surface area contributed by atoms with Crippen LogP contribution in [0, 0.1) is 5.92 Å². The van der Waals surface area contributed by atoms with E-state index in [2.05, 4.69) is 43.1 Å². The number of benzene rings is 2. The number of aromatic nitrogens is 1. The number of fused-ring (bicyclic) bond motifs is 1. The number of Topliss-reactive ketones (excluding diaryl/α,β-unsaturated/α-hetero) is 1. The average molecular weight is 482 g/mol. The summed E-state index contributed by atoms with van der Waals surface area (Å²) in [5.74, 6) is -0.390. The number of hydrogen-bond acceptors (Lipinski definition) is 4. The van der Waals surface area contributed by atoms with E-state index in [1.54, 1.807) is 34.2 Å². The first-order chi connectivity index (χ1) is 17.4. The third kappa shape index (κ3) is 4.55. The van der Waals surface area contributed by atoms with Crippen LogP contribution in [-0.2, 0) is 9.59 Å². The Labute approximate surface area is 212 Å². The lowest BCUT2D eigenvalue weighted by Crippen LogP contribution is -2.45. The lowest BCUT2D eigenvalue weighted by molar-refractivity contribution is -0.138. The molecule has 0 aliphatic carbocycles. The van der Waals surface area contributed by atoms with Gasteiger partial charge in [0.05, 0.1) is 18.5 Å². The molecule has 3 atom stereocenters. The van der Waals surface area contributed by atoms with Crippen LogP contribution in [0.3, 0.4) is 0 Å². The standard InChI is InChI=1S/C30H31N3O3/c1-20(2)17-24(23-12-8-11-22(18-23)21-9-4-3-5-10-21)29(35)32-16-14-26-28(32)27(34)19-33(26)30(36)25-13-6-7-15-31-25/h3-13,15,18,20,24,26,28H,14,16-17,19H2,1-2H3. The summed E-state index contributed by atoms with van der Waals surface area (Å²) in [6.45, 7) is 4.72. The molecule has 2 amide bonds. The van der Waals surface area contributed by atoms with Gasteiger partial charge in [0.1, 0.15) is 11.7 Å². The number of pyridine rings is 1. The highest BCUT2D eigenvalue weighted by Crippen LogP contribution is 2.36. The van der Waals surface area contributed by atoms with E-state index in [-0.39, 0.29) is 36.1 Å². The number of likely N-dealkylation sites (tertiary alicyclic amines) is 2. The molecule has 1 aromatic heterocycles. The summed E-state index contributed by atoms with van der Waals surface area (Å²) in [6.07, 6.45) is 2.86. The van der Waals surface area contributed by atoms with Gasteiger partial charge in [-0.25, -0.2) is 0 Å². The first kappa shape index (κ1) is 23.9. The molecule has 2 aliphatic rings. The molecule has 0 saturated carbocycles. The lowest BCUT2D eigenvalue weighted by Gasteiger charge is -2.29. The van der Waals surface area contributed by atoms with Crippen molar-refractivity contribution in [2.24, 2.45) is 5.92 Å². The van der Waals surface area contributed by atoms with Crippen LogP contribution in [0.2, 0.25) is 0 Å². The van der Waals surface area contributed by atoms with Gasteiger partial charge < -0.3 is 9.80 Å².